The van der Waals surface area contributed by atoms with Gasteiger partial charge < -0.3 is 15.0 Å². The van der Waals surface area contributed by atoms with E-state index in [2.05, 4.69) is 15.2 Å². The summed E-state index contributed by atoms with van der Waals surface area (Å²) in [6, 6.07) is 12.3. The Kier molecular flexibility index (Phi) is 3.92. The van der Waals surface area contributed by atoms with Gasteiger partial charge in [-0.1, -0.05) is 18.2 Å². The van der Waals surface area contributed by atoms with Gasteiger partial charge in [0.25, 0.3) is 0 Å². The highest BCUT2D eigenvalue weighted by Crippen LogP contribution is 2.51. The molecule has 7 nitrogen and oxygen atoms in total. The average Bonchev–Trinajstić information content (AvgIpc) is 3.23. The summed E-state index contributed by atoms with van der Waals surface area (Å²) in [6.45, 7) is 0. The van der Waals surface area contributed by atoms with Crippen LogP contribution in [-0.2, 0) is 15.0 Å². The van der Waals surface area contributed by atoms with E-state index in [0.717, 1.165) is 17.8 Å². The number of nitrogens with zero attached hydrogens (tertiary/aromatic N) is 3. The summed E-state index contributed by atoms with van der Waals surface area (Å²) in [5.41, 5.74) is 1.16. The minimum absolute atomic E-state index is 0.0652. The van der Waals surface area contributed by atoms with Gasteiger partial charge in [0.2, 0.25) is 11.8 Å². The summed E-state index contributed by atoms with van der Waals surface area (Å²) >= 11 is 0. The molecule has 5 rings (SSSR count). The molecule has 158 valence electrons. The quantitative estimate of drug-likeness (QED) is 0.679. The van der Waals surface area contributed by atoms with Crippen molar-refractivity contribution in [2.45, 2.75) is 18.2 Å². The van der Waals surface area contributed by atoms with Crippen LogP contribution >= 0.6 is 0 Å². The van der Waals surface area contributed by atoms with Crippen molar-refractivity contribution in [3.8, 4) is 11.4 Å². The Morgan fingerprint density at radius 2 is 1.77 bits per heavy atom. The highest BCUT2D eigenvalue weighted by molar-refractivity contribution is 6.15. The normalized spacial score (nSPS) is 19.9. The molecule has 31 heavy (non-hydrogen) atoms. The predicted molar refractivity (Wildman–Crippen MR) is 104 cm³/mol. The smallest absolute Gasteiger partial charge is 0.406 e. The van der Waals surface area contributed by atoms with E-state index in [9.17, 15) is 22.8 Å². The molecule has 2 aromatic carbocycles. The fraction of sp³-hybridized carbons (Fsp3) is 0.190. The van der Waals surface area contributed by atoms with Crippen molar-refractivity contribution in [3.05, 3.63) is 65.9 Å². The molecule has 2 aliphatic heterocycles. The number of nitrogens with one attached hydrogen (secondary N) is 1. The molecule has 0 radical (unpaired) electrons. The summed E-state index contributed by atoms with van der Waals surface area (Å²) in [5.74, 6) is -0.665. The second-order valence-electron chi connectivity index (χ2n) is 7.37. The van der Waals surface area contributed by atoms with Crippen molar-refractivity contribution < 1.29 is 27.5 Å². The molecule has 0 saturated heterocycles. The summed E-state index contributed by atoms with van der Waals surface area (Å²) in [7, 11) is 1.66. The number of hydrogen-bond acceptors (Lipinski definition) is 4. The molecule has 10 heteroatoms. The van der Waals surface area contributed by atoms with Crippen LogP contribution < -0.4 is 15.0 Å². The van der Waals surface area contributed by atoms with Gasteiger partial charge in [-0.05, 0) is 35.9 Å². The molecule has 2 amide bonds. The molecular weight excluding hydrogens is 413 g/mol. The van der Waals surface area contributed by atoms with E-state index in [-0.39, 0.29) is 24.0 Å². The zero-order valence-corrected chi connectivity index (χ0v) is 16.1. The topological polar surface area (TPSA) is 76.5 Å². The number of fused-ring (bicyclic) bond motifs is 4. The molecule has 0 bridgehead atoms. The number of benzene rings is 2. The monoisotopic (exact) mass is 428 g/mol. The number of para-hydroxylation sites is 1. The number of carbonyl (C=O) groups excluding carboxylic acids is 2. The van der Waals surface area contributed by atoms with Crippen LogP contribution in [0.15, 0.2) is 54.7 Å². The molecule has 0 fully saturated rings. The molecular formula is C21H15F3N4O3. The van der Waals surface area contributed by atoms with E-state index in [4.69, 9.17) is 0 Å². The van der Waals surface area contributed by atoms with Crippen LogP contribution in [0.3, 0.4) is 0 Å². The maximum atomic E-state index is 13.4. The van der Waals surface area contributed by atoms with Crippen molar-refractivity contribution in [3.63, 3.8) is 0 Å². The predicted octanol–water partition coefficient (Wildman–Crippen LogP) is 3.38. The summed E-state index contributed by atoms with van der Waals surface area (Å²) in [4.78, 5) is 27.6. The maximum absolute atomic E-state index is 13.4. The molecule has 1 spiro atoms. The number of amides is 2. The first-order valence-electron chi connectivity index (χ1n) is 9.33. The lowest BCUT2D eigenvalue weighted by molar-refractivity contribution is -0.274. The average molecular weight is 428 g/mol. The fourth-order valence-corrected chi connectivity index (χ4v) is 4.35. The fourth-order valence-electron chi connectivity index (χ4n) is 4.35. The molecule has 0 saturated carbocycles. The van der Waals surface area contributed by atoms with Gasteiger partial charge in [-0.15, -0.1) is 13.2 Å². The molecule has 1 unspecified atom stereocenters. The number of halogens is 3. The molecule has 0 aliphatic carbocycles. The SMILES string of the molecule is CN1C(=O)C2(CC(=O)Nc3c2cnn3-c2ccc(OC(F)(F)F)cc2)c2ccccc21. The summed E-state index contributed by atoms with van der Waals surface area (Å²) < 4.78 is 42.5. The number of likely N-dealkylation sites (N-methyl/N-ethyl adjacent to an activating group) is 1. The lowest BCUT2D eigenvalue weighted by Gasteiger charge is -2.32. The first-order chi connectivity index (χ1) is 14.7. The van der Waals surface area contributed by atoms with Crippen LogP contribution in [0.5, 0.6) is 5.75 Å². The Labute approximate surface area is 174 Å². The lowest BCUT2D eigenvalue weighted by Crippen LogP contribution is -2.45. The highest BCUT2D eigenvalue weighted by Gasteiger charge is 2.56. The van der Waals surface area contributed by atoms with Crippen LogP contribution in [0.1, 0.15) is 17.5 Å². The third-order valence-electron chi connectivity index (χ3n) is 5.62. The first kappa shape index (κ1) is 19.2. The van der Waals surface area contributed by atoms with Crippen LogP contribution in [-0.4, -0.2) is 35.0 Å². The molecule has 3 heterocycles. The molecule has 3 aromatic rings. The van der Waals surface area contributed by atoms with Gasteiger partial charge in [-0.3, -0.25) is 9.59 Å². The van der Waals surface area contributed by atoms with Gasteiger partial charge in [-0.2, -0.15) is 5.10 Å². The van der Waals surface area contributed by atoms with Crippen molar-refractivity contribution in [1.29, 1.82) is 0 Å². The Hall–Kier alpha value is -3.82. The largest absolute Gasteiger partial charge is 0.573 e. The summed E-state index contributed by atoms with van der Waals surface area (Å²) in [6.07, 6.45) is -3.35. The first-order valence-corrected chi connectivity index (χ1v) is 9.33. The van der Waals surface area contributed by atoms with Gasteiger partial charge in [-0.25, -0.2) is 4.68 Å². The van der Waals surface area contributed by atoms with Gasteiger partial charge in [0, 0.05) is 24.7 Å². The third-order valence-corrected chi connectivity index (χ3v) is 5.62. The van der Waals surface area contributed by atoms with Crippen LogP contribution in [0.2, 0.25) is 0 Å². The van der Waals surface area contributed by atoms with Gasteiger partial charge in [0.1, 0.15) is 17.0 Å². The number of rotatable bonds is 2. The number of aromatic nitrogens is 2. The number of ether oxygens (including phenoxy) is 1. The minimum Gasteiger partial charge on any atom is -0.406 e. The zero-order valence-electron chi connectivity index (χ0n) is 16.1. The van der Waals surface area contributed by atoms with Crippen LogP contribution in [0, 0.1) is 0 Å². The summed E-state index contributed by atoms with van der Waals surface area (Å²) in [5, 5.41) is 7.08. The second-order valence-corrected chi connectivity index (χ2v) is 7.37. The number of carbonyl (C=O) groups is 2. The van der Waals surface area contributed by atoms with Gasteiger partial charge in [0.15, 0.2) is 0 Å². The van der Waals surface area contributed by atoms with Crippen molar-refractivity contribution in [1.82, 2.24) is 9.78 Å². The third kappa shape index (κ3) is 2.78. The van der Waals surface area contributed by atoms with E-state index in [1.807, 2.05) is 24.3 Å². The maximum Gasteiger partial charge on any atom is 0.573 e. The van der Waals surface area contributed by atoms with E-state index in [0.29, 0.717) is 22.6 Å². The minimum atomic E-state index is -4.80. The second kappa shape index (κ2) is 6.34. The Balaban J connectivity index is 1.62. The Morgan fingerprint density at radius 3 is 2.48 bits per heavy atom. The molecule has 1 aromatic heterocycles. The van der Waals surface area contributed by atoms with Crippen molar-refractivity contribution in [2.24, 2.45) is 0 Å². The van der Waals surface area contributed by atoms with E-state index in [1.54, 1.807) is 7.05 Å². The van der Waals surface area contributed by atoms with E-state index in [1.165, 1.54) is 27.9 Å². The number of alkyl halides is 3. The Bertz CT molecular complexity index is 1220. The molecule has 1 N–H and O–H groups in total. The number of hydrogen-bond donors (Lipinski definition) is 1. The van der Waals surface area contributed by atoms with Gasteiger partial charge in [0.05, 0.1) is 11.9 Å². The standard InChI is InChI=1S/C21H15F3N4O3/c1-27-16-5-3-2-4-14(16)20(19(27)30)10-17(29)26-18-15(20)11-25-28(18)12-6-8-13(9-7-12)31-21(22,23)24/h2-9,11H,10H2,1H3,(H,26,29). The molecule has 1 atom stereocenters. The van der Waals surface area contributed by atoms with E-state index >= 15 is 0 Å². The molecule has 2 aliphatic rings. The van der Waals surface area contributed by atoms with Gasteiger partial charge >= 0.3 is 6.36 Å². The van der Waals surface area contributed by atoms with E-state index < -0.39 is 11.8 Å². The van der Waals surface area contributed by atoms with Crippen LogP contribution in [0.4, 0.5) is 24.7 Å². The van der Waals surface area contributed by atoms with Crippen LogP contribution in [0.25, 0.3) is 5.69 Å². The number of anilines is 2. The zero-order chi connectivity index (χ0) is 22.0. The van der Waals surface area contributed by atoms with Crippen molar-refractivity contribution in [2.75, 3.05) is 17.3 Å². The van der Waals surface area contributed by atoms with Crippen molar-refractivity contribution >= 4 is 23.3 Å². The highest BCUT2D eigenvalue weighted by atomic mass is 19.4. The Morgan fingerprint density at radius 1 is 1.06 bits per heavy atom. The lowest BCUT2D eigenvalue weighted by atomic mass is 9.72.